The Morgan fingerprint density at radius 2 is 1.89 bits per heavy atom. The maximum atomic E-state index is 12.8. The lowest BCUT2D eigenvalue weighted by Crippen LogP contribution is -2.41. The molecule has 0 unspecified atom stereocenters. The van der Waals surface area contributed by atoms with E-state index in [2.05, 4.69) is 10.4 Å². The first-order chi connectivity index (χ1) is 17.1. The minimum atomic E-state index is -4.48. The number of alkyl halides is 3. The fourth-order valence-electron chi connectivity index (χ4n) is 3.64. The van der Waals surface area contributed by atoms with Crippen molar-refractivity contribution in [2.75, 3.05) is 45.3 Å². The molecule has 1 N–H and O–H groups in total. The van der Waals surface area contributed by atoms with Crippen LogP contribution in [0.2, 0.25) is 5.02 Å². The second kappa shape index (κ2) is 10.7. The molecule has 36 heavy (non-hydrogen) atoms. The minimum absolute atomic E-state index is 0.0894. The number of methoxy groups -OCH3 is 1. The highest BCUT2D eigenvalue weighted by atomic mass is 35.5. The maximum absolute atomic E-state index is 12.8. The summed E-state index contributed by atoms with van der Waals surface area (Å²) in [6.07, 6.45) is -4.48. The third-order valence-corrected chi connectivity index (χ3v) is 5.81. The van der Waals surface area contributed by atoms with Gasteiger partial charge in [0.05, 0.1) is 49.7 Å². The number of aromatic nitrogens is 2. The van der Waals surface area contributed by atoms with Gasteiger partial charge in [0.1, 0.15) is 5.75 Å². The molecule has 9 nitrogen and oxygen atoms in total. The molecule has 1 amide bonds. The topological polar surface area (TPSA) is 98.8 Å². The Hall–Kier alpha value is -3.35. The van der Waals surface area contributed by atoms with Gasteiger partial charge in [-0.2, -0.15) is 17.9 Å². The fourth-order valence-corrected chi connectivity index (χ4v) is 3.88. The van der Waals surface area contributed by atoms with E-state index in [9.17, 15) is 22.8 Å². The number of carbonyl (C=O) groups is 1. The van der Waals surface area contributed by atoms with Crippen LogP contribution in [-0.4, -0.2) is 60.5 Å². The van der Waals surface area contributed by atoms with Gasteiger partial charge in [0.25, 0.3) is 0 Å². The summed E-state index contributed by atoms with van der Waals surface area (Å²) in [6, 6.07) is 7.17. The Labute approximate surface area is 208 Å². The van der Waals surface area contributed by atoms with Crippen molar-refractivity contribution in [1.29, 1.82) is 0 Å². The number of nitrogens with zero attached hydrogens (tertiary/aromatic N) is 3. The van der Waals surface area contributed by atoms with E-state index in [-0.39, 0.29) is 35.5 Å². The van der Waals surface area contributed by atoms with Crippen LogP contribution in [0.1, 0.15) is 11.1 Å². The number of ether oxygens (including phenoxy) is 2. The van der Waals surface area contributed by atoms with Crippen LogP contribution in [0, 0.1) is 0 Å². The Morgan fingerprint density at radius 1 is 1.19 bits per heavy atom. The van der Waals surface area contributed by atoms with Gasteiger partial charge < -0.3 is 19.2 Å². The van der Waals surface area contributed by atoms with Gasteiger partial charge in [-0.25, -0.2) is 4.79 Å². The SMILES string of the molecule is COc1cc(NC(=O)CN2CCOCC2)c(Cl)cc1Cn1nc(-c2ccc(C(F)(F)F)cc2)oc1=O. The Bertz CT molecular complexity index is 1280. The zero-order valence-electron chi connectivity index (χ0n) is 19.1. The van der Waals surface area contributed by atoms with E-state index in [0.29, 0.717) is 43.3 Å². The molecule has 1 saturated heterocycles. The largest absolute Gasteiger partial charge is 0.496 e. The van der Waals surface area contributed by atoms with Gasteiger partial charge in [0.2, 0.25) is 11.8 Å². The standard InChI is InChI=1S/C23H22ClF3N4O5/c1-34-19-11-18(28-20(32)13-30-6-8-35-9-7-30)17(24)10-15(19)12-31-22(33)36-21(29-31)14-2-4-16(5-3-14)23(25,26)27/h2-5,10-11H,6-9,12-13H2,1H3,(H,28,32). The molecule has 0 radical (unpaired) electrons. The number of benzene rings is 2. The first kappa shape index (κ1) is 25.7. The summed E-state index contributed by atoms with van der Waals surface area (Å²) in [7, 11) is 1.42. The maximum Gasteiger partial charge on any atom is 0.437 e. The second-order valence-corrected chi connectivity index (χ2v) is 8.39. The smallest absolute Gasteiger partial charge is 0.437 e. The van der Waals surface area contributed by atoms with Crippen molar-refractivity contribution in [2.45, 2.75) is 12.7 Å². The van der Waals surface area contributed by atoms with E-state index in [4.69, 9.17) is 25.5 Å². The number of hydrogen-bond donors (Lipinski definition) is 1. The van der Waals surface area contributed by atoms with Crippen molar-refractivity contribution in [1.82, 2.24) is 14.7 Å². The highest BCUT2D eigenvalue weighted by Crippen LogP contribution is 2.32. The highest BCUT2D eigenvalue weighted by molar-refractivity contribution is 6.33. The molecule has 0 atom stereocenters. The van der Waals surface area contributed by atoms with E-state index >= 15 is 0 Å². The summed E-state index contributed by atoms with van der Waals surface area (Å²) in [5.41, 5.74) is 0.197. The summed E-state index contributed by atoms with van der Waals surface area (Å²) in [5.74, 6) is -0.855. The van der Waals surface area contributed by atoms with Crippen LogP contribution in [0.3, 0.4) is 0 Å². The second-order valence-electron chi connectivity index (χ2n) is 7.99. The van der Waals surface area contributed by atoms with Crippen molar-refractivity contribution in [3.63, 3.8) is 0 Å². The third-order valence-electron chi connectivity index (χ3n) is 5.50. The predicted molar refractivity (Wildman–Crippen MR) is 124 cm³/mol. The molecule has 0 aliphatic carbocycles. The van der Waals surface area contributed by atoms with Crippen LogP contribution in [0.4, 0.5) is 18.9 Å². The number of anilines is 1. The van der Waals surface area contributed by atoms with Gasteiger partial charge in [-0.1, -0.05) is 11.6 Å². The minimum Gasteiger partial charge on any atom is -0.496 e. The summed E-state index contributed by atoms with van der Waals surface area (Å²) in [6.45, 7) is 2.55. The molecule has 0 saturated carbocycles. The molecule has 13 heteroatoms. The summed E-state index contributed by atoms with van der Waals surface area (Å²) < 4.78 is 55.2. The van der Waals surface area contributed by atoms with Crippen molar-refractivity contribution < 1.29 is 31.9 Å². The van der Waals surface area contributed by atoms with Crippen LogP contribution in [0.5, 0.6) is 5.75 Å². The quantitative estimate of drug-likeness (QED) is 0.503. The summed E-state index contributed by atoms with van der Waals surface area (Å²) in [4.78, 5) is 26.7. The van der Waals surface area contributed by atoms with Gasteiger partial charge in [-0.3, -0.25) is 9.69 Å². The van der Waals surface area contributed by atoms with Gasteiger partial charge >= 0.3 is 11.9 Å². The summed E-state index contributed by atoms with van der Waals surface area (Å²) >= 11 is 6.38. The van der Waals surface area contributed by atoms with Gasteiger partial charge in [0.15, 0.2) is 0 Å². The molecule has 1 aliphatic rings. The normalized spacial score (nSPS) is 14.6. The van der Waals surface area contributed by atoms with E-state index in [1.165, 1.54) is 31.4 Å². The molecule has 3 aromatic rings. The molecule has 0 bridgehead atoms. The molecule has 2 heterocycles. The number of amides is 1. The number of carbonyl (C=O) groups excluding carboxylic acids is 1. The monoisotopic (exact) mass is 526 g/mol. The number of hydrogen-bond acceptors (Lipinski definition) is 7. The van der Waals surface area contributed by atoms with E-state index in [1.807, 2.05) is 4.90 Å². The van der Waals surface area contributed by atoms with Crippen molar-refractivity contribution in [2.24, 2.45) is 0 Å². The van der Waals surface area contributed by atoms with Crippen LogP contribution in [0.15, 0.2) is 45.6 Å². The lowest BCUT2D eigenvalue weighted by atomic mass is 10.1. The van der Waals surface area contributed by atoms with Crippen LogP contribution in [-0.2, 0) is 22.3 Å². The molecule has 2 aromatic carbocycles. The van der Waals surface area contributed by atoms with E-state index in [1.54, 1.807) is 0 Å². The van der Waals surface area contributed by atoms with Crippen LogP contribution < -0.4 is 15.8 Å². The molecule has 1 fully saturated rings. The van der Waals surface area contributed by atoms with Gasteiger partial charge in [0, 0.05) is 30.3 Å². The van der Waals surface area contributed by atoms with Gasteiger partial charge in [-0.05, 0) is 30.3 Å². The summed E-state index contributed by atoms with van der Waals surface area (Å²) in [5, 5.41) is 7.06. The molecule has 192 valence electrons. The molecule has 4 rings (SSSR count). The number of rotatable bonds is 7. The zero-order chi connectivity index (χ0) is 25.9. The molecule has 1 aliphatic heterocycles. The molecule has 0 spiro atoms. The average Bonchev–Trinajstić information content (AvgIpc) is 3.21. The van der Waals surface area contributed by atoms with Crippen LogP contribution >= 0.6 is 11.6 Å². The Morgan fingerprint density at radius 3 is 2.53 bits per heavy atom. The Balaban J connectivity index is 1.50. The first-order valence-corrected chi connectivity index (χ1v) is 11.2. The highest BCUT2D eigenvalue weighted by Gasteiger charge is 2.30. The fraction of sp³-hybridized carbons (Fsp3) is 0.348. The predicted octanol–water partition coefficient (Wildman–Crippen LogP) is 3.50. The number of morpholine rings is 1. The Kier molecular flexibility index (Phi) is 7.67. The molecule has 1 aromatic heterocycles. The van der Waals surface area contributed by atoms with Gasteiger partial charge in [-0.15, -0.1) is 5.10 Å². The van der Waals surface area contributed by atoms with Crippen LogP contribution in [0.25, 0.3) is 11.5 Å². The van der Waals surface area contributed by atoms with Crippen molar-refractivity contribution >= 4 is 23.2 Å². The average molecular weight is 527 g/mol. The number of halogens is 4. The molecular formula is C23H22ClF3N4O5. The van der Waals surface area contributed by atoms with E-state index < -0.39 is 17.5 Å². The van der Waals surface area contributed by atoms with Crippen molar-refractivity contribution in [3.05, 3.63) is 63.1 Å². The lowest BCUT2D eigenvalue weighted by Gasteiger charge is -2.25. The molecular weight excluding hydrogens is 505 g/mol. The lowest BCUT2D eigenvalue weighted by molar-refractivity contribution is -0.137. The first-order valence-electron chi connectivity index (χ1n) is 10.9. The third kappa shape index (κ3) is 6.07. The number of nitrogens with one attached hydrogen (secondary N) is 1. The van der Waals surface area contributed by atoms with E-state index in [0.717, 1.165) is 16.8 Å². The zero-order valence-corrected chi connectivity index (χ0v) is 19.9. The van der Waals surface area contributed by atoms with Crippen molar-refractivity contribution in [3.8, 4) is 17.2 Å².